The number of carboxylic acids is 1. The zero-order chi connectivity index (χ0) is 16.0. The van der Waals surface area contributed by atoms with Crippen molar-refractivity contribution < 1.29 is 19.5 Å². The molecular weight excluding hydrogens is 274 g/mol. The second-order valence-corrected chi connectivity index (χ2v) is 5.68. The van der Waals surface area contributed by atoms with E-state index in [4.69, 9.17) is 0 Å². The Morgan fingerprint density at radius 3 is 2.57 bits per heavy atom. The summed E-state index contributed by atoms with van der Waals surface area (Å²) in [5, 5.41) is 12.1. The number of piperidine rings is 1. The normalized spacial score (nSPS) is 21.8. The second-order valence-electron chi connectivity index (χ2n) is 5.68. The number of nitrogens with one attached hydrogen (secondary N) is 1. The lowest BCUT2D eigenvalue weighted by atomic mass is 9.89. The molecule has 1 aliphatic rings. The molecule has 0 aliphatic carbocycles. The summed E-state index contributed by atoms with van der Waals surface area (Å²) in [4.78, 5) is 38.2. The number of hydrogen-bond acceptors (Lipinski definition) is 3. The largest absolute Gasteiger partial charge is 0.480 e. The van der Waals surface area contributed by atoms with E-state index in [2.05, 4.69) is 5.32 Å². The summed E-state index contributed by atoms with van der Waals surface area (Å²) in [6.45, 7) is 4.42. The number of carbonyl (C=O) groups excluding carboxylic acids is 2. The first-order valence-corrected chi connectivity index (χ1v) is 7.35. The molecular formula is C14H25N3O4. The van der Waals surface area contributed by atoms with Gasteiger partial charge in [-0.3, -0.25) is 4.79 Å². The lowest BCUT2D eigenvalue weighted by molar-refractivity contribution is -0.150. The number of carbonyl (C=O) groups is 3. The average Bonchev–Trinajstić information content (AvgIpc) is 2.44. The third kappa shape index (κ3) is 4.09. The molecule has 1 aliphatic heterocycles. The van der Waals surface area contributed by atoms with Crippen LogP contribution < -0.4 is 5.32 Å². The van der Waals surface area contributed by atoms with Crippen LogP contribution in [0.3, 0.4) is 0 Å². The highest BCUT2D eigenvalue weighted by Gasteiger charge is 2.44. The van der Waals surface area contributed by atoms with E-state index in [1.807, 2.05) is 6.92 Å². The highest BCUT2D eigenvalue weighted by molar-refractivity contribution is 5.88. The molecule has 0 aromatic rings. The number of urea groups is 1. The van der Waals surface area contributed by atoms with Crippen molar-refractivity contribution in [3.63, 3.8) is 0 Å². The Hall–Kier alpha value is -1.79. The Morgan fingerprint density at radius 2 is 2.00 bits per heavy atom. The van der Waals surface area contributed by atoms with E-state index in [9.17, 15) is 19.5 Å². The highest BCUT2D eigenvalue weighted by atomic mass is 16.4. The topological polar surface area (TPSA) is 90.0 Å². The van der Waals surface area contributed by atoms with Gasteiger partial charge in [0.2, 0.25) is 5.91 Å². The van der Waals surface area contributed by atoms with Gasteiger partial charge in [-0.1, -0.05) is 6.92 Å². The number of rotatable bonds is 5. The molecule has 1 atom stereocenters. The minimum Gasteiger partial charge on any atom is -0.480 e. The van der Waals surface area contributed by atoms with Crippen LogP contribution in [0.15, 0.2) is 0 Å². The minimum absolute atomic E-state index is 0.0645. The minimum atomic E-state index is -1.19. The highest BCUT2D eigenvalue weighted by Crippen LogP contribution is 2.29. The van der Waals surface area contributed by atoms with Crippen molar-refractivity contribution in [2.75, 3.05) is 26.7 Å². The van der Waals surface area contributed by atoms with Crippen LogP contribution in [-0.2, 0) is 9.59 Å². The third-order valence-electron chi connectivity index (χ3n) is 3.86. The average molecular weight is 299 g/mol. The van der Waals surface area contributed by atoms with Gasteiger partial charge in [-0.2, -0.15) is 0 Å². The van der Waals surface area contributed by atoms with Gasteiger partial charge in [0.25, 0.3) is 0 Å². The third-order valence-corrected chi connectivity index (χ3v) is 3.86. The van der Waals surface area contributed by atoms with E-state index in [-0.39, 0.29) is 12.5 Å². The first kappa shape index (κ1) is 17.3. The van der Waals surface area contributed by atoms with Gasteiger partial charge in [0, 0.05) is 20.1 Å². The van der Waals surface area contributed by atoms with Gasteiger partial charge in [-0.15, -0.1) is 0 Å². The quantitative estimate of drug-likeness (QED) is 0.789. The number of carboxylic acid groups (broad SMARTS) is 1. The van der Waals surface area contributed by atoms with E-state index in [1.165, 1.54) is 16.8 Å². The lowest BCUT2D eigenvalue weighted by Gasteiger charge is -2.43. The predicted octanol–water partition coefficient (Wildman–Crippen LogP) is 0.894. The molecule has 0 radical (unpaired) electrons. The van der Waals surface area contributed by atoms with E-state index >= 15 is 0 Å². The van der Waals surface area contributed by atoms with Gasteiger partial charge in [0.1, 0.15) is 12.1 Å². The van der Waals surface area contributed by atoms with Crippen molar-refractivity contribution in [3.05, 3.63) is 0 Å². The molecule has 21 heavy (non-hydrogen) atoms. The summed E-state index contributed by atoms with van der Waals surface area (Å²) < 4.78 is 0. The Morgan fingerprint density at radius 1 is 1.33 bits per heavy atom. The molecule has 0 spiro atoms. The van der Waals surface area contributed by atoms with Crippen LogP contribution >= 0.6 is 0 Å². The van der Waals surface area contributed by atoms with E-state index in [0.717, 1.165) is 19.3 Å². The smallest absolute Gasteiger partial charge is 0.329 e. The summed E-state index contributed by atoms with van der Waals surface area (Å²) in [6, 6.07) is -0.411. The van der Waals surface area contributed by atoms with Gasteiger partial charge in [-0.05, 0) is 32.6 Å². The van der Waals surface area contributed by atoms with E-state index in [0.29, 0.717) is 19.5 Å². The van der Waals surface area contributed by atoms with Crippen molar-refractivity contribution >= 4 is 17.9 Å². The Kier molecular flexibility index (Phi) is 5.99. The van der Waals surface area contributed by atoms with Crippen LogP contribution in [0, 0.1) is 0 Å². The molecule has 120 valence electrons. The van der Waals surface area contributed by atoms with Gasteiger partial charge in [-0.25, -0.2) is 9.59 Å². The molecule has 7 nitrogen and oxygen atoms in total. The zero-order valence-corrected chi connectivity index (χ0v) is 13.0. The molecule has 1 heterocycles. The Labute approximate surface area is 125 Å². The van der Waals surface area contributed by atoms with Crippen molar-refractivity contribution in [2.45, 2.75) is 45.1 Å². The molecule has 1 fully saturated rings. The van der Waals surface area contributed by atoms with E-state index < -0.39 is 17.5 Å². The number of aliphatic carboxylic acids is 1. The molecule has 1 saturated heterocycles. The number of likely N-dealkylation sites (tertiary alicyclic amines) is 1. The Balaban J connectivity index is 2.71. The molecule has 1 unspecified atom stereocenters. The molecule has 0 aromatic carbocycles. The van der Waals surface area contributed by atoms with Crippen LogP contribution in [0.2, 0.25) is 0 Å². The molecule has 1 rings (SSSR count). The number of likely N-dealkylation sites (N-methyl/N-ethyl adjacent to an activating group) is 1. The first-order valence-electron chi connectivity index (χ1n) is 7.35. The fraction of sp³-hybridized carbons (Fsp3) is 0.786. The van der Waals surface area contributed by atoms with Crippen molar-refractivity contribution in [1.82, 2.24) is 15.1 Å². The Bertz CT molecular complexity index is 413. The maximum Gasteiger partial charge on any atom is 0.329 e. The summed E-state index contributed by atoms with van der Waals surface area (Å²) in [5.74, 6) is -1.24. The second kappa shape index (κ2) is 7.28. The molecule has 0 bridgehead atoms. The van der Waals surface area contributed by atoms with E-state index in [1.54, 1.807) is 6.92 Å². The van der Waals surface area contributed by atoms with Crippen LogP contribution in [0.25, 0.3) is 0 Å². The SMILES string of the molecule is CCCNC(=O)CN(C)C(=O)N1CCCCC1(C)C(=O)O. The lowest BCUT2D eigenvalue weighted by Crippen LogP contribution is -2.60. The summed E-state index contributed by atoms with van der Waals surface area (Å²) in [6.07, 6.45) is 2.83. The van der Waals surface area contributed by atoms with Crippen molar-refractivity contribution in [2.24, 2.45) is 0 Å². The first-order chi connectivity index (χ1) is 9.82. The van der Waals surface area contributed by atoms with Gasteiger partial charge in [0.05, 0.1) is 0 Å². The molecule has 2 N–H and O–H groups in total. The fourth-order valence-corrected chi connectivity index (χ4v) is 2.46. The monoisotopic (exact) mass is 299 g/mol. The summed E-state index contributed by atoms with van der Waals surface area (Å²) in [7, 11) is 1.52. The summed E-state index contributed by atoms with van der Waals surface area (Å²) in [5.41, 5.74) is -1.19. The zero-order valence-electron chi connectivity index (χ0n) is 13.0. The van der Waals surface area contributed by atoms with Crippen molar-refractivity contribution in [3.8, 4) is 0 Å². The molecule has 0 aromatic heterocycles. The van der Waals surface area contributed by atoms with Crippen molar-refractivity contribution in [1.29, 1.82) is 0 Å². The number of amides is 3. The standard InChI is InChI=1S/C14H25N3O4/c1-4-8-15-11(18)10-16(3)13(21)17-9-6-5-7-14(17,2)12(19)20/h4-10H2,1-3H3,(H,15,18)(H,19,20). The molecule has 3 amide bonds. The van der Waals surface area contributed by atoms with Crippen LogP contribution in [0.4, 0.5) is 4.79 Å². The molecule has 7 heteroatoms. The van der Waals surface area contributed by atoms with Gasteiger partial charge < -0.3 is 20.2 Å². The van der Waals surface area contributed by atoms with Crippen LogP contribution in [0.5, 0.6) is 0 Å². The fourth-order valence-electron chi connectivity index (χ4n) is 2.46. The maximum absolute atomic E-state index is 12.4. The summed E-state index contributed by atoms with van der Waals surface area (Å²) >= 11 is 0. The predicted molar refractivity (Wildman–Crippen MR) is 77.9 cm³/mol. The van der Waals surface area contributed by atoms with Gasteiger partial charge >= 0.3 is 12.0 Å². The molecule has 0 saturated carbocycles. The number of nitrogens with zero attached hydrogens (tertiary/aromatic N) is 2. The maximum atomic E-state index is 12.4. The van der Waals surface area contributed by atoms with Gasteiger partial charge in [0.15, 0.2) is 0 Å². The number of hydrogen-bond donors (Lipinski definition) is 2. The van der Waals surface area contributed by atoms with Crippen LogP contribution in [-0.4, -0.2) is 65.0 Å². The van der Waals surface area contributed by atoms with Crippen LogP contribution in [0.1, 0.15) is 39.5 Å².